The molecule has 14 heteroatoms. The number of aromatic hydroxyl groups is 1. The molecule has 11 aliphatic rings. The van der Waals surface area contributed by atoms with Gasteiger partial charge in [-0.15, -0.1) is 0 Å². The summed E-state index contributed by atoms with van der Waals surface area (Å²) in [5, 5.41) is 53.8. The maximum absolute atomic E-state index is 14.7. The predicted molar refractivity (Wildman–Crippen MR) is 389 cm³/mol. The molecule has 1 saturated heterocycles. The average molecular weight is 1350 g/mol. The maximum atomic E-state index is 14.7. The van der Waals surface area contributed by atoms with Gasteiger partial charge in [0.2, 0.25) is 5.72 Å². The normalized spacial score (nSPS) is 30.5. The fourth-order valence-electron chi connectivity index (χ4n) is 20.9. The summed E-state index contributed by atoms with van der Waals surface area (Å²) in [6, 6.07) is 45.7. The third-order valence-electron chi connectivity index (χ3n) is 25.4. The summed E-state index contributed by atoms with van der Waals surface area (Å²) < 4.78 is 56.2. The SMILES string of the molecule is CNCc1cc2cccc3c2c2c1CCc1cc([C@H]4CC5(CCCC5)C[C@@](O)([C@H](Cc5ccccc5)C[C@]5(N=C(N)N)Oc6ccc7c(c6)CC[C@@H](C)[C@@H]7C[C@@H](S(=O)(=O)O)[C@H]6C=C7C[C@H](C[C@H]8C[C@@H](CO)CC#Cc9cc(O)ccc9[C@@H]7O8)[C@@H]6c6ccc5cc6)C4)ccc1[C@H](O)[C@@H]2C=C3. The lowest BCUT2D eigenvalue weighted by Gasteiger charge is -2.52. The van der Waals surface area contributed by atoms with Gasteiger partial charge in [-0.1, -0.05) is 153 Å². The third-order valence-corrected chi connectivity index (χ3v) is 26.6. The standard InChI is InChI=1S/C85H94N4O9S/c1-50-16-17-58-40-67-26-31-69(58)74(50)43-76(99(94,95)96)75-42-61-38-60(41-68-35-52(48-90)12-8-14-56-39-66(91)25-30-72(56)81(61)97-68)77(75)54-18-23-64(24-19-54)85(98-67,89-82(86)87)46-65(34-51-10-4-3-5-11-51)84(93)45-63(44-83(49-84)32-6-7-33-83)55-21-28-71-57(36-55)22-27-70-62(47-88-2)37-59-15-9-13-53-20-29-73(80(71)92)79(70)78(53)59/h3-5,9-11,13,15,18-21,23-26,28-31,36-37,39-40,42,50,52,60,63,65,68,73-77,80-81,88,90-93H,6-7,12,16-17,22,27,32-35,38,41,43-49H2,1-2H3,(H4,86,87,89)(H,94,95,96)/t50-,52+,60-,63+,65-,68-,73-,74+,75-,76-,77+,80+,81-,84-,85+/m1/s1. The van der Waals surface area contributed by atoms with Crippen molar-refractivity contribution in [3.63, 3.8) is 0 Å². The first-order chi connectivity index (χ1) is 47.8. The number of phenolic OH excluding ortho intramolecular Hbond substituents is 1. The monoisotopic (exact) mass is 1350 g/mol. The number of benzene rings is 7. The minimum atomic E-state index is -4.74. The molecule has 15 atom stereocenters. The number of allylic oxidation sites excluding steroid dienone is 1. The molecule has 0 amide bonds. The lowest BCUT2D eigenvalue weighted by atomic mass is 9.56. The highest BCUT2D eigenvalue weighted by Crippen LogP contribution is 2.61. The summed E-state index contributed by atoms with van der Waals surface area (Å²) in [6.07, 6.45) is 17.1. The van der Waals surface area contributed by atoms with Crippen LogP contribution in [0.1, 0.15) is 211 Å². The number of nitrogens with zero attached hydrogens (tertiary/aromatic N) is 1. The van der Waals surface area contributed by atoms with Crippen molar-refractivity contribution in [3.8, 4) is 23.3 Å². The molecule has 1 spiro atoms. The van der Waals surface area contributed by atoms with Crippen LogP contribution in [0, 0.1) is 46.8 Å². The van der Waals surface area contributed by atoms with Crippen molar-refractivity contribution in [1.82, 2.24) is 5.32 Å². The Hall–Kier alpha value is -7.58. The number of fused-ring (bicyclic) bond motifs is 9. The van der Waals surface area contributed by atoms with Gasteiger partial charge in [-0.3, -0.25) is 4.55 Å². The zero-order chi connectivity index (χ0) is 68.1. The molecule has 3 fully saturated rings. The summed E-state index contributed by atoms with van der Waals surface area (Å²) in [6.45, 7) is 2.84. The minimum absolute atomic E-state index is 0.0172. The fraction of sp³-hybridized carbons (Fsp3) is 0.447. The smallest absolute Gasteiger partial charge is 0.268 e. The number of aliphatic hydroxyl groups excluding tert-OH is 2. The number of rotatable bonds is 11. The number of aliphatic imine (C=N–C) groups is 1. The van der Waals surface area contributed by atoms with E-state index in [9.17, 15) is 33.4 Å². The molecule has 18 rings (SSSR count). The number of hydrogen-bond donors (Lipinski definition) is 8. The van der Waals surface area contributed by atoms with Crippen LogP contribution in [0.15, 0.2) is 156 Å². The van der Waals surface area contributed by atoms with Crippen molar-refractivity contribution in [1.29, 1.82) is 0 Å². The number of nitrogens with one attached hydrogen (secondary N) is 1. The third kappa shape index (κ3) is 12.3. The van der Waals surface area contributed by atoms with Crippen molar-refractivity contribution in [2.24, 2.45) is 51.5 Å². The number of ether oxygens (including phenoxy) is 2. The number of aliphatic hydroxyl groups is 3. The molecule has 7 aromatic carbocycles. The second kappa shape index (κ2) is 26.1. The van der Waals surface area contributed by atoms with E-state index in [2.05, 4.69) is 133 Å². The van der Waals surface area contributed by atoms with Crippen molar-refractivity contribution in [3.05, 3.63) is 229 Å². The largest absolute Gasteiger partial charge is 0.508 e. The maximum Gasteiger partial charge on any atom is 0.268 e. The highest BCUT2D eigenvalue weighted by molar-refractivity contribution is 7.86. The van der Waals surface area contributed by atoms with Gasteiger partial charge < -0.3 is 46.7 Å². The number of guanidine groups is 1. The van der Waals surface area contributed by atoms with Crippen LogP contribution in [0.5, 0.6) is 11.5 Å². The Balaban J connectivity index is 0.824. The first kappa shape index (κ1) is 66.0. The van der Waals surface area contributed by atoms with E-state index in [1.165, 1.54) is 38.6 Å². The summed E-state index contributed by atoms with van der Waals surface area (Å²) in [4.78, 5) is 5.33. The van der Waals surface area contributed by atoms with Crippen LogP contribution in [0.3, 0.4) is 0 Å². The van der Waals surface area contributed by atoms with E-state index in [1.807, 2.05) is 37.4 Å². The first-order valence-corrected chi connectivity index (χ1v) is 38.1. The van der Waals surface area contributed by atoms with E-state index in [0.717, 1.165) is 109 Å². The fourth-order valence-corrected chi connectivity index (χ4v) is 22.0. The molecule has 10 N–H and O–H groups in total. The van der Waals surface area contributed by atoms with Crippen LogP contribution in [0.4, 0.5) is 0 Å². The molecular weight excluding hydrogens is 1250 g/mol. The quantitative estimate of drug-likeness (QED) is 0.0199. The number of phenols is 1. The van der Waals surface area contributed by atoms with Gasteiger partial charge in [0.05, 0.1) is 23.1 Å². The van der Waals surface area contributed by atoms with E-state index in [4.69, 9.17) is 25.9 Å². The Bertz CT molecular complexity index is 4550. The van der Waals surface area contributed by atoms with Gasteiger partial charge in [-0.2, -0.15) is 8.42 Å². The van der Waals surface area contributed by atoms with Crippen LogP contribution in [-0.4, -0.2) is 70.0 Å². The van der Waals surface area contributed by atoms with Crippen LogP contribution in [0.2, 0.25) is 0 Å². The van der Waals surface area contributed by atoms with Gasteiger partial charge >= 0.3 is 0 Å². The highest BCUT2D eigenvalue weighted by Gasteiger charge is 2.56. The van der Waals surface area contributed by atoms with E-state index in [-0.39, 0.29) is 78.2 Å². The van der Waals surface area contributed by atoms with Crippen LogP contribution < -0.4 is 21.5 Å². The second-order valence-electron chi connectivity index (χ2n) is 31.4. The van der Waals surface area contributed by atoms with Gasteiger partial charge in [0.1, 0.15) is 17.6 Å². The number of aryl methyl sites for hydroxylation is 2. The molecule has 0 unspecified atom stereocenters. The zero-order valence-electron chi connectivity index (χ0n) is 57.0. The lowest BCUT2D eigenvalue weighted by Crippen LogP contribution is -2.52. The summed E-state index contributed by atoms with van der Waals surface area (Å²) in [5.74, 6) is 4.69. The molecule has 7 aromatic rings. The number of nitrogens with two attached hydrogens (primary N) is 2. The molecule has 0 aromatic heterocycles. The Morgan fingerprint density at radius 1 is 0.848 bits per heavy atom. The van der Waals surface area contributed by atoms with Crippen molar-refractivity contribution >= 4 is 32.9 Å². The van der Waals surface area contributed by atoms with E-state index in [0.29, 0.717) is 61.8 Å². The van der Waals surface area contributed by atoms with Crippen molar-refractivity contribution in [2.75, 3.05) is 13.7 Å². The summed E-state index contributed by atoms with van der Waals surface area (Å²) in [7, 11) is -2.73. The molecule has 0 radical (unpaired) electrons. The molecule has 5 aliphatic heterocycles. The van der Waals surface area contributed by atoms with Crippen LogP contribution >= 0.6 is 0 Å². The Morgan fingerprint density at radius 3 is 2.42 bits per heavy atom. The zero-order valence-corrected chi connectivity index (χ0v) is 57.8. The average Bonchev–Trinajstić information content (AvgIpc) is 1.38. The lowest BCUT2D eigenvalue weighted by molar-refractivity contribution is -0.116. The Kier molecular flexibility index (Phi) is 17.4. The minimum Gasteiger partial charge on any atom is -0.508 e. The van der Waals surface area contributed by atoms with E-state index in [1.54, 1.807) is 12.1 Å². The molecule has 2 saturated carbocycles. The Morgan fingerprint density at radius 2 is 1.64 bits per heavy atom. The van der Waals surface area contributed by atoms with Gasteiger partial charge in [-0.25, -0.2) is 4.99 Å². The highest BCUT2D eigenvalue weighted by atomic mass is 32.2. The van der Waals surface area contributed by atoms with Crippen LogP contribution in [-0.2, 0) is 52.8 Å². The summed E-state index contributed by atoms with van der Waals surface area (Å²) >= 11 is 0. The van der Waals surface area contributed by atoms with Gasteiger partial charge in [0, 0.05) is 54.5 Å². The van der Waals surface area contributed by atoms with Gasteiger partial charge in [0.15, 0.2) is 5.96 Å². The topological polar surface area (TPSA) is 230 Å². The van der Waals surface area contributed by atoms with Gasteiger partial charge in [0.25, 0.3) is 10.1 Å². The molecule has 13 nitrogen and oxygen atoms in total. The van der Waals surface area contributed by atoms with E-state index < -0.39 is 56.7 Å². The van der Waals surface area contributed by atoms with Crippen molar-refractivity contribution < 1.29 is 42.9 Å². The predicted octanol–water partition coefficient (Wildman–Crippen LogP) is 14.5. The second-order valence-corrected chi connectivity index (χ2v) is 33.1. The van der Waals surface area contributed by atoms with Crippen LogP contribution in [0.25, 0.3) is 16.8 Å². The van der Waals surface area contributed by atoms with E-state index >= 15 is 0 Å². The Labute approximate surface area is 583 Å². The molecule has 6 aliphatic carbocycles. The molecular formula is C85H94N4O9S. The molecule has 5 heterocycles. The van der Waals surface area contributed by atoms with Crippen molar-refractivity contribution in [2.45, 2.75) is 188 Å². The van der Waals surface area contributed by atoms with Gasteiger partial charge in [-0.05, 0) is 252 Å². The summed E-state index contributed by atoms with van der Waals surface area (Å²) in [5.41, 5.74) is 25.9. The number of hydrogen-bond acceptors (Lipinski definition) is 10. The first-order valence-electron chi connectivity index (χ1n) is 36.6. The molecule has 514 valence electrons. The molecule has 99 heavy (non-hydrogen) atoms. The molecule has 10 bridgehead atoms.